The zero-order valence-electron chi connectivity index (χ0n) is 12.2. The van der Waals surface area contributed by atoms with Crippen LogP contribution in [0, 0.1) is 27.7 Å². The monoisotopic (exact) mass is 331 g/mol. The van der Waals surface area contributed by atoms with Crippen LogP contribution in [0.15, 0.2) is 34.8 Å². The average Bonchev–Trinajstić information content (AvgIpc) is 2.34. The lowest BCUT2D eigenvalue weighted by Crippen LogP contribution is -2.12. The molecule has 0 heterocycles. The van der Waals surface area contributed by atoms with Gasteiger partial charge >= 0.3 is 0 Å². The molecule has 0 radical (unpaired) electrons. The fourth-order valence-electron chi connectivity index (χ4n) is 2.33. The van der Waals surface area contributed by atoms with Crippen molar-refractivity contribution in [2.75, 3.05) is 5.32 Å². The zero-order valence-corrected chi connectivity index (χ0v) is 13.8. The number of aryl methyl sites for hydroxylation is 4. The number of anilines is 1. The minimum atomic E-state index is -0.0714. The molecule has 0 unspecified atom stereocenters. The lowest BCUT2D eigenvalue weighted by molar-refractivity contribution is 0.102. The van der Waals surface area contributed by atoms with Gasteiger partial charge in [0.1, 0.15) is 0 Å². The van der Waals surface area contributed by atoms with E-state index in [4.69, 9.17) is 0 Å². The molecule has 3 heteroatoms. The van der Waals surface area contributed by atoms with Crippen LogP contribution in [-0.2, 0) is 0 Å². The van der Waals surface area contributed by atoms with E-state index < -0.39 is 0 Å². The van der Waals surface area contributed by atoms with E-state index in [2.05, 4.69) is 27.3 Å². The highest BCUT2D eigenvalue weighted by molar-refractivity contribution is 9.10. The van der Waals surface area contributed by atoms with Crippen LogP contribution in [0.1, 0.15) is 32.6 Å². The molecule has 2 rings (SSSR count). The first-order chi connectivity index (χ1) is 9.36. The third kappa shape index (κ3) is 3.28. The van der Waals surface area contributed by atoms with Crippen molar-refractivity contribution in [3.8, 4) is 0 Å². The summed E-state index contributed by atoms with van der Waals surface area (Å²) in [6, 6.07) is 9.81. The van der Waals surface area contributed by atoms with Gasteiger partial charge in [0.15, 0.2) is 0 Å². The van der Waals surface area contributed by atoms with Crippen LogP contribution in [0.3, 0.4) is 0 Å². The van der Waals surface area contributed by atoms with Crippen molar-refractivity contribution >= 4 is 27.5 Å². The van der Waals surface area contributed by atoms with E-state index in [1.54, 1.807) is 0 Å². The molecule has 0 saturated carbocycles. The van der Waals surface area contributed by atoms with Gasteiger partial charge in [-0.05, 0) is 63.1 Å². The first-order valence-electron chi connectivity index (χ1n) is 6.53. The summed E-state index contributed by atoms with van der Waals surface area (Å²) < 4.78 is 1.09. The molecule has 1 N–H and O–H groups in total. The highest BCUT2D eigenvalue weighted by Crippen LogP contribution is 2.25. The number of hydrogen-bond donors (Lipinski definition) is 1. The second kappa shape index (κ2) is 5.80. The summed E-state index contributed by atoms with van der Waals surface area (Å²) in [5, 5.41) is 2.96. The lowest BCUT2D eigenvalue weighted by atomic mass is 10.1. The minimum Gasteiger partial charge on any atom is -0.322 e. The molecule has 2 aromatic carbocycles. The number of carbonyl (C=O) groups is 1. The third-order valence-corrected chi connectivity index (χ3v) is 4.43. The largest absolute Gasteiger partial charge is 0.322 e. The van der Waals surface area contributed by atoms with Crippen LogP contribution >= 0.6 is 15.9 Å². The van der Waals surface area contributed by atoms with E-state index in [1.807, 2.05) is 52.0 Å². The highest BCUT2D eigenvalue weighted by Gasteiger charge is 2.09. The summed E-state index contributed by atoms with van der Waals surface area (Å²) in [4.78, 5) is 12.3. The van der Waals surface area contributed by atoms with E-state index >= 15 is 0 Å². The van der Waals surface area contributed by atoms with E-state index in [0.29, 0.717) is 5.56 Å². The maximum Gasteiger partial charge on any atom is 0.255 e. The predicted octanol–water partition coefficient (Wildman–Crippen LogP) is 4.94. The van der Waals surface area contributed by atoms with Gasteiger partial charge in [0.05, 0.1) is 0 Å². The Morgan fingerprint density at radius 1 is 0.900 bits per heavy atom. The number of amides is 1. The van der Waals surface area contributed by atoms with Crippen molar-refractivity contribution in [3.63, 3.8) is 0 Å². The van der Waals surface area contributed by atoms with Crippen LogP contribution in [0.25, 0.3) is 0 Å². The molecule has 104 valence electrons. The smallest absolute Gasteiger partial charge is 0.255 e. The van der Waals surface area contributed by atoms with Crippen LogP contribution in [0.4, 0.5) is 5.69 Å². The Morgan fingerprint density at radius 3 is 1.90 bits per heavy atom. The lowest BCUT2D eigenvalue weighted by Gasteiger charge is -2.10. The molecule has 0 fully saturated rings. The van der Waals surface area contributed by atoms with E-state index in [9.17, 15) is 4.79 Å². The quantitative estimate of drug-likeness (QED) is 0.830. The molecular formula is C17H18BrNO. The molecule has 0 atom stereocenters. The Balaban J connectivity index is 2.28. The Kier molecular flexibility index (Phi) is 4.29. The van der Waals surface area contributed by atoms with Crippen molar-refractivity contribution < 1.29 is 4.79 Å². The molecule has 1 amide bonds. The van der Waals surface area contributed by atoms with Gasteiger partial charge in [-0.1, -0.05) is 33.1 Å². The number of hydrogen-bond acceptors (Lipinski definition) is 1. The Hall–Kier alpha value is -1.61. The Labute approximate surface area is 128 Å². The van der Waals surface area contributed by atoms with Crippen LogP contribution in [0.2, 0.25) is 0 Å². The Bertz CT molecular complexity index is 633. The fraction of sp³-hybridized carbons (Fsp3) is 0.235. The number of halogens is 1. The molecule has 0 saturated heterocycles. The normalized spacial score (nSPS) is 10.4. The minimum absolute atomic E-state index is 0.0714. The molecular weight excluding hydrogens is 314 g/mol. The summed E-state index contributed by atoms with van der Waals surface area (Å²) in [6.45, 7) is 8.03. The number of carbonyl (C=O) groups excluding carboxylic acids is 1. The van der Waals surface area contributed by atoms with Gasteiger partial charge in [-0.2, -0.15) is 0 Å². The summed E-state index contributed by atoms with van der Waals surface area (Å²) in [5.74, 6) is -0.0714. The maximum atomic E-state index is 12.3. The van der Waals surface area contributed by atoms with Gasteiger partial charge < -0.3 is 5.32 Å². The average molecular weight is 332 g/mol. The molecule has 0 aromatic heterocycles. The van der Waals surface area contributed by atoms with Crippen LogP contribution in [0.5, 0.6) is 0 Å². The fourth-order valence-corrected chi connectivity index (χ4v) is 2.56. The molecule has 0 bridgehead atoms. The van der Waals surface area contributed by atoms with Crippen molar-refractivity contribution in [1.82, 2.24) is 0 Å². The number of benzene rings is 2. The maximum absolute atomic E-state index is 12.3. The van der Waals surface area contributed by atoms with Gasteiger partial charge in [-0.15, -0.1) is 0 Å². The van der Waals surface area contributed by atoms with Crippen LogP contribution in [-0.4, -0.2) is 5.91 Å². The SMILES string of the molecule is Cc1cc(C)cc(C(=O)Nc2cc(C)c(Br)c(C)c2)c1. The van der Waals surface area contributed by atoms with Crippen molar-refractivity contribution in [3.05, 3.63) is 62.6 Å². The molecule has 20 heavy (non-hydrogen) atoms. The van der Waals surface area contributed by atoms with E-state index in [0.717, 1.165) is 32.4 Å². The first-order valence-corrected chi connectivity index (χ1v) is 7.32. The van der Waals surface area contributed by atoms with Crippen molar-refractivity contribution in [2.45, 2.75) is 27.7 Å². The number of nitrogens with one attached hydrogen (secondary N) is 1. The Morgan fingerprint density at radius 2 is 1.40 bits per heavy atom. The van der Waals surface area contributed by atoms with Gasteiger partial charge in [0.25, 0.3) is 5.91 Å². The van der Waals surface area contributed by atoms with Gasteiger partial charge in [0.2, 0.25) is 0 Å². The molecule has 2 aromatic rings. The molecule has 0 aliphatic rings. The summed E-state index contributed by atoms with van der Waals surface area (Å²) in [6.07, 6.45) is 0. The summed E-state index contributed by atoms with van der Waals surface area (Å²) >= 11 is 3.53. The van der Waals surface area contributed by atoms with E-state index in [-0.39, 0.29) is 5.91 Å². The van der Waals surface area contributed by atoms with Crippen LogP contribution < -0.4 is 5.32 Å². The van der Waals surface area contributed by atoms with Gasteiger partial charge in [-0.3, -0.25) is 4.79 Å². The molecule has 0 aliphatic heterocycles. The van der Waals surface area contributed by atoms with Crippen molar-refractivity contribution in [1.29, 1.82) is 0 Å². The standard InChI is InChI=1S/C17H18BrNO/c1-10-5-11(2)7-14(6-10)17(20)19-15-8-12(3)16(18)13(4)9-15/h5-9H,1-4H3,(H,19,20). The second-order valence-corrected chi connectivity index (χ2v) is 6.05. The molecule has 0 aliphatic carbocycles. The van der Waals surface area contributed by atoms with Gasteiger partial charge in [0, 0.05) is 15.7 Å². The zero-order chi connectivity index (χ0) is 14.9. The molecule has 2 nitrogen and oxygen atoms in total. The van der Waals surface area contributed by atoms with Crippen molar-refractivity contribution in [2.24, 2.45) is 0 Å². The highest BCUT2D eigenvalue weighted by atomic mass is 79.9. The predicted molar refractivity (Wildman–Crippen MR) is 87.5 cm³/mol. The number of rotatable bonds is 2. The third-order valence-electron chi connectivity index (χ3n) is 3.18. The van der Waals surface area contributed by atoms with Gasteiger partial charge in [-0.25, -0.2) is 0 Å². The molecule has 0 spiro atoms. The summed E-state index contributed by atoms with van der Waals surface area (Å²) in [5.41, 5.74) is 5.94. The first kappa shape index (κ1) is 14.8. The summed E-state index contributed by atoms with van der Waals surface area (Å²) in [7, 11) is 0. The van der Waals surface area contributed by atoms with E-state index in [1.165, 1.54) is 0 Å². The topological polar surface area (TPSA) is 29.1 Å². The second-order valence-electron chi connectivity index (χ2n) is 5.25.